The topological polar surface area (TPSA) is 95.7 Å². The molecule has 25 heavy (non-hydrogen) atoms. The smallest absolute Gasteiger partial charge is 0.490 e. The minimum atomic E-state index is -5.84. The normalized spacial score (nSPS) is 12.4. The molecule has 0 saturated carbocycles. The van der Waals surface area contributed by atoms with Crippen molar-refractivity contribution in [3.63, 3.8) is 0 Å². The van der Waals surface area contributed by atoms with Crippen LogP contribution in [0.25, 0.3) is 10.8 Å². The van der Waals surface area contributed by atoms with Crippen LogP contribution in [0.4, 0.5) is 13.2 Å². The Morgan fingerprint density at radius 3 is 2.32 bits per heavy atom. The summed E-state index contributed by atoms with van der Waals surface area (Å²) in [6.45, 7) is 3.34. The third kappa shape index (κ3) is 3.95. The molecule has 0 unspecified atom stereocenters. The van der Waals surface area contributed by atoms with Gasteiger partial charge in [0, 0.05) is 5.39 Å². The minimum absolute atomic E-state index is 0.00968. The van der Waals surface area contributed by atoms with Crippen LogP contribution in [0.1, 0.15) is 24.2 Å². The second-order valence-electron chi connectivity index (χ2n) is 5.34. The summed E-state index contributed by atoms with van der Waals surface area (Å²) >= 11 is 0. The number of amides is 1. The van der Waals surface area contributed by atoms with Gasteiger partial charge in [-0.25, -0.2) is 0 Å². The summed E-state index contributed by atoms with van der Waals surface area (Å²) in [5, 5.41) is 0.288. The highest BCUT2D eigenvalue weighted by molar-refractivity contribution is 7.88. The number of alkyl halides is 3. The molecule has 2 rings (SSSR count). The Hall–Kier alpha value is -2.49. The summed E-state index contributed by atoms with van der Waals surface area (Å²) in [7, 11) is -5.84. The zero-order valence-corrected chi connectivity index (χ0v) is 13.9. The standard InChI is InChI=1S/C15H14F3NO5S/c1-8(2)23-13-7-10-9(6-11(13)14(19)20)4-3-5-12(10)24-25(21,22)15(16,17)18/h3-8H,1-2H3,(H2,19,20). The van der Waals surface area contributed by atoms with Crippen LogP contribution in [0.15, 0.2) is 30.3 Å². The van der Waals surface area contributed by atoms with E-state index in [4.69, 9.17) is 10.5 Å². The molecule has 2 aromatic carbocycles. The van der Waals surface area contributed by atoms with Crippen LogP contribution in [0.3, 0.4) is 0 Å². The van der Waals surface area contributed by atoms with Gasteiger partial charge < -0.3 is 14.7 Å². The van der Waals surface area contributed by atoms with Gasteiger partial charge >= 0.3 is 15.6 Å². The third-order valence-electron chi connectivity index (χ3n) is 3.05. The van der Waals surface area contributed by atoms with Gasteiger partial charge in [-0.3, -0.25) is 4.79 Å². The molecule has 10 heteroatoms. The molecule has 1 amide bonds. The van der Waals surface area contributed by atoms with E-state index in [2.05, 4.69) is 4.18 Å². The van der Waals surface area contributed by atoms with Crippen molar-refractivity contribution >= 4 is 26.8 Å². The first-order valence-corrected chi connectivity index (χ1v) is 8.37. The Bertz CT molecular complexity index is 923. The molecule has 6 nitrogen and oxygen atoms in total. The highest BCUT2D eigenvalue weighted by atomic mass is 32.2. The van der Waals surface area contributed by atoms with Crippen molar-refractivity contribution in [1.82, 2.24) is 0 Å². The second-order valence-corrected chi connectivity index (χ2v) is 6.88. The second kappa shape index (κ2) is 6.43. The first kappa shape index (κ1) is 18.8. The average Bonchev–Trinajstić information content (AvgIpc) is 2.45. The molecule has 0 aliphatic rings. The zero-order valence-electron chi connectivity index (χ0n) is 13.1. The number of nitrogens with two attached hydrogens (primary N) is 1. The van der Waals surface area contributed by atoms with Gasteiger partial charge in [0.2, 0.25) is 0 Å². The van der Waals surface area contributed by atoms with E-state index in [0.29, 0.717) is 0 Å². The molecule has 2 aromatic rings. The molecule has 0 heterocycles. The molecule has 2 N–H and O–H groups in total. The molecule has 0 fully saturated rings. The van der Waals surface area contributed by atoms with Crippen LogP contribution in [0.5, 0.6) is 11.5 Å². The van der Waals surface area contributed by atoms with Crippen LogP contribution in [0.2, 0.25) is 0 Å². The van der Waals surface area contributed by atoms with Crippen LogP contribution >= 0.6 is 0 Å². The number of hydrogen-bond donors (Lipinski definition) is 1. The largest absolute Gasteiger partial charge is 0.534 e. The summed E-state index contributed by atoms with van der Waals surface area (Å²) in [6, 6.07) is 6.33. The molecule has 0 aromatic heterocycles. The van der Waals surface area contributed by atoms with Crippen molar-refractivity contribution in [2.24, 2.45) is 5.73 Å². The lowest BCUT2D eigenvalue weighted by Gasteiger charge is -2.16. The Labute approximate surface area is 141 Å². The highest BCUT2D eigenvalue weighted by Crippen LogP contribution is 2.35. The number of ether oxygens (including phenoxy) is 1. The number of carbonyl (C=O) groups excluding carboxylic acids is 1. The van der Waals surface area contributed by atoms with E-state index in [0.717, 1.165) is 6.07 Å². The molecule has 0 saturated heterocycles. The van der Waals surface area contributed by atoms with Crippen LogP contribution in [0, 0.1) is 0 Å². The van der Waals surface area contributed by atoms with Crippen molar-refractivity contribution < 1.29 is 35.3 Å². The van der Waals surface area contributed by atoms with E-state index in [1.807, 2.05) is 0 Å². The molecule has 0 atom stereocenters. The first-order valence-electron chi connectivity index (χ1n) is 6.96. The number of benzene rings is 2. The molecular formula is C15H14F3NO5S. The van der Waals surface area contributed by atoms with Crippen LogP contribution in [-0.4, -0.2) is 25.9 Å². The molecular weight excluding hydrogens is 363 g/mol. The number of hydrogen-bond acceptors (Lipinski definition) is 5. The van der Waals surface area contributed by atoms with Gasteiger partial charge in [-0.05, 0) is 37.4 Å². The fourth-order valence-corrected chi connectivity index (χ4v) is 2.54. The predicted molar refractivity (Wildman–Crippen MR) is 83.8 cm³/mol. The average molecular weight is 377 g/mol. The van der Waals surface area contributed by atoms with Gasteiger partial charge in [-0.15, -0.1) is 0 Å². The summed E-state index contributed by atoms with van der Waals surface area (Å²) < 4.78 is 69.8. The number of carbonyl (C=O) groups is 1. The van der Waals surface area contributed by atoms with Crippen molar-refractivity contribution in [3.8, 4) is 11.5 Å². The molecule has 0 aliphatic carbocycles. The van der Waals surface area contributed by atoms with Crippen LogP contribution in [-0.2, 0) is 10.1 Å². The van der Waals surface area contributed by atoms with E-state index in [1.165, 1.54) is 24.3 Å². The first-order chi connectivity index (χ1) is 11.4. The van der Waals surface area contributed by atoms with Gasteiger partial charge in [-0.1, -0.05) is 12.1 Å². The Balaban J connectivity index is 2.66. The van der Waals surface area contributed by atoms with E-state index >= 15 is 0 Å². The van der Waals surface area contributed by atoms with E-state index < -0.39 is 27.3 Å². The number of halogens is 3. The Morgan fingerprint density at radius 2 is 1.80 bits per heavy atom. The third-order valence-corrected chi connectivity index (χ3v) is 4.02. The molecule has 136 valence electrons. The lowest BCUT2D eigenvalue weighted by molar-refractivity contribution is -0.0499. The van der Waals surface area contributed by atoms with Gasteiger partial charge in [0.05, 0.1) is 11.7 Å². The molecule has 0 bridgehead atoms. The highest BCUT2D eigenvalue weighted by Gasteiger charge is 2.48. The maximum atomic E-state index is 12.5. The van der Waals surface area contributed by atoms with Gasteiger partial charge in [-0.2, -0.15) is 21.6 Å². The quantitative estimate of drug-likeness (QED) is 0.638. The van der Waals surface area contributed by atoms with Gasteiger partial charge in [0.25, 0.3) is 5.91 Å². The van der Waals surface area contributed by atoms with Crippen molar-refractivity contribution in [3.05, 3.63) is 35.9 Å². The maximum absolute atomic E-state index is 12.5. The Morgan fingerprint density at radius 1 is 1.16 bits per heavy atom. The van der Waals surface area contributed by atoms with Gasteiger partial charge in [0.15, 0.2) is 5.75 Å². The fraction of sp³-hybridized carbons (Fsp3) is 0.267. The summed E-state index contributed by atoms with van der Waals surface area (Å²) in [5.74, 6) is -1.33. The van der Waals surface area contributed by atoms with E-state index in [1.54, 1.807) is 13.8 Å². The molecule has 0 radical (unpaired) electrons. The summed E-state index contributed by atoms with van der Waals surface area (Å²) in [6.07, 6.45) is -0.359. The lowest BCUT2D eigenvalue weighted by Crippen LogP contribution is -2.28. The van der Waals surface area contributed by atoms with Crippen molar-refractivity contribution in [2.45, 2.75) is 25.5 Å². The summed E-state index contributed by atoms with van der Waals surface area (Å²) in [5.41, 5.74) is -0.275. The number of primary amides is 1. The lowest BCUT2D eigenvalue weighted by atomic mass is 10.0. The number of rotatable bonds is 5. The SMILES string of the molecule is CC(C)Oc1cc2c(OS(=O)(=O)C(F)(F)F)cccc2cc1C(N)=O. The monoisotopic (exact) mass is 377 g/mol. The van der Waals surface area contributed by atoms with Crippen LogP contribution < -0.4 is 14.7 Å². The maximum Gasteiger partial charge on any atom is 0.534 e. The van der Waals surface area contributed by atoms with E-state index in [-0.39, 0.29) is 28.2 Å². The zero-order chi connectivity index (χ0) is 19.0. The Kier molecular flexibility index (Phi) is 4.85. The fourth-order valence-electron chi connectivity index (χ4n) is 2.06. The minimum Gasteiger partial charge on any atom is -0.490 e. The number of fused-ring (bicyclic) bond motifs is 1. The molecule has 0 spiro atoms. The summed E-state index contributed by atoms with van der Waals surface area (Å²) in [4.78, 5) is 11.6. The van der Waals surface area contributed by atoms with E-state index in [9.17, 15) is 26.4 Å². The van der Waals surface area contributed by atoms with Crippen molar-refractivity contribution in [1.29, 1.82) is 0 Å². The predicted octanol–water partition coefficient (Wildman–Crippen LogP) is 2.95. The molecule has 0 aliphatic heterocycles. The van der Waals surface area contributed by atoms with Crippen molar-refractivity contribution in [2.75, 3.05) is 0 Å². The van der Waals surface area contributed by atoms with Gasteiger partial charge in [0.1, 0.15) is 5.75 Å².